The molecule has 3 N–H and O–H groups in total. The van der Waals surface area contributed by atoms with E-state index in [4.69, 9.17) is 5.73 Å². The van der Waals surface area contributed by atoms with Gasteiger partial charge < -0.3 is 11.1 Å². The third-order valence-corrected chi connectivity index (χ3v) is 4.42. The predicted molar refractivity (Wildman–Crippen MR) is 82.8 cm³/mol. The van der Waals surface area contributed by atoms with E-state index in [2.05, 4.69) is 21.2 Å². The zero-order valence-electron chi connectivity index (χ0n) is 11.9. The molecule has 0 aliphatic rings. The van der Waals surface area contributed by atoms with E-state index in [1.807, 2.05) is 45.0 Å². The molecule has 0 unspecified atom stereocenters. The lowest BCUT2D eigenvalue weighted by molar-refractivity contribution is -0.131. The van der Waals surface area contributed by atoms with Crippen molar-refractivity contribution in [1.82, 2.24) is 5.32 Å². The third-order valence-electron chi connectivity index (χ3n) is 3.92. The van der Waals surface area contributed by atoms with Gasteiger partial charge in [-0.15, -0.1) is 0 Å². The summed E-state index contributed by atoms with van der Waals surface area (Å²) in [7, 11) is 0. The highest BCUT2D eigenvalue weighted by Crippen LogP contribution is 2.27. The zero-order valence-corrected chi connectivity index (χ0v) is 13.5. The van der Waals surface area contributed by atoms with Crippen LogP contribution in [0.2, 0.25) is 0 Å². The van der Waals surface area contributed by atoms with E-state index in [1.54, 1.807) is 0 Å². The highest BCUT2D eigenvalue weighted by atomic mass is 79.9. The first-order valence-corrected chi connectivity index (χ1v) is 7.55. The van der Waals surface area contributed by atoms with Gasteiger partial charge >= 0.3 is 0 Å². The smallest absolute Gasteiger partial charge is 0.227 e. The van der Waals surface area contributed by atoms with Crippen LogP contribution in [0.5, 0.6) is 0 Å². The Morgan fingerprint density at radius 3 is 2.53 bits per heavy atom. The minimum Gasteiger partial charge on any atom is -0.349 e. The van der Waals surface area contributed by atoms with Crippen molar-refractivity contribution in [2.75, 3.05) is 6.54 Å². The zero-order chi connectivity index (χ0) is 14.5. The molecule has 0 radical (unpaired) electrons. The normalized spacial score (nSPS) is 13.1. The second-order valence-electron chi connectivity index (χ2n) is 4.94. The summed E-state index contributed by atoms with van der Waals surface area (Å²) in [6.07, 6.45) is 1.52. The Balaban J connectivity index is 2.81. The van der Waals surface area contributed by atoms with Gasteiger partial charge in [0, 0.05) is 11.0 Å². The Bertz CT molecular complexity index is 422. The molecule has 0 spiro atoms. The number of rotatable bonds is 6. The van der Waals surface area contributed by atoms with Gasteiger partial charge in [0.2, 0.25) is 5.91 Å². The van der Waals surface area contributed by atoms with E-state index in [9.17, 15) is 4.79 Å². The molecule has 1 aromatic rings. The maximum Gasteiger partial charge on any atom is 0.227 e. The molecule has 0 aliphatic carbocycles. The summed E-state index contributed by atoms with van der Waals surface area (Å²) in [6, 6.07) is 7.96. The van der Waals surface area contributed by atoms with Gasteiger partial charge in [0.05, 0.1) is 11.5 Å². The number of hydrogen-bond donors (Lipinski definition) is 2. The average molecular weight is 327 g/mol. The van der Waals surface area contributed by atoms with Crippen LogP contribution < -0.4 is 11.1 Å². The van der Waals surface area contributed by atoms with Crippen LogP contribution in [0, 0.1) is 5.41 Å². The van der Waals surface area contributed by atoms with Crippen molar-refractivity contribution in [2.24, 2.45) is 11.1 Å². The minimum absolute atomic E-state index is 0.0194. The van der Waals surface area contributed by atoms with Crippen molar-refractivity contribution >= 4 is 21.8 Å². The standard InChI is InChI=1S/C15H23BrN2O/c1-4-15(5-2,10-17)14(19)18-11(3)12-7-6-8-13(16)9-12/h6-9,11H,4-5,10,17H2,1-3H3,(H,18,19)/t11-/m0/s1. The number of nitrogens with two attached hydrogens (primary N) is 1. The molecule has 3 nitrogen and oxygen atoms in total. The van der Waals surface area contributed by atoms with Gasteiger partial charge in [0.15, 0.2) is 0 Å². The van der Waals surface area contributed by atoms with Gasteiger partial charge in [0.1, 0.15) is 0 Å². The van der Waals surface area contributed by atoms with Gasteiger partial charge in [-0.1, -0.05) is 41.9 Å². The monoisotopic (exact) mass is 326 g/mol. The van der Waals surface area contributed by atoms with Gasteiger partial charge in [-0.25, -0.2) is 0 Å². The fraction of sp³-hybridized carbons (Fsp3) is 0.533. The van der Waals surface area contributed by atoms with Crippen molar-refractivity contribution in [1.29, 1.82) is 0 Å². The van der Waals surface area contributed by atoms with Crippen LogP contribution in [-0.4, -0.2) is 12.5 Å². The lowest BCUT2D eigenvalue weighted by Gasteiger charge is -2.30. The van der Waals surface area contributed by atoms with Crippen molar-refractivity contribution in [2.45, 2.75) is 39.7 Å². The minimum atomic E-state index is -0.444. The molecule has 0 aliphatic heterocycles. The van der Waals surface area contributed by atoms with Crippen LogP contribution in [0.25, 0.3) is 0 Å². The fourth-order valence-electron chi connectivity index (χ4n) is 2.16. The van der Waals surface area contributed by atoms with E-state index < -0.39 is 5.41 Å². The summed E-state index contributed by atoms with van der Waals surface area (Å²) in [5, 5.41) is 3.08. The van der Waals surface area contributed by atoms with Crippen molar-refractivity contribution in [3.8, 4) is 0 Å². The molecule has 0 heterocycles. The maximum absolute atomic E-state index is 12.4. The molecule has 4 heteroatoms. The molecule has 19 heavy (non-hydrogen) atoms. The van der Waals surface area contributed by atoms with Crippen LogP contribution in [0.15, 0.2) is 28.7 Å². The highest BCUT2D eigenvalue weighted by Gasteiger charge is 2.33. The molecule has 1 atom stereocenters. The van der Waals surface area contributed by atoms with E-state index in [0.29, 0.717) is 6.54 Å². The molecule has 0 aromatic heterocycles. The maximum atomic E-state index is 12.4. The molecule has 0 fully saturated rings. The summed E-state index contributed by atoms with van der Waals surface area (Å²) in [6.45, 7) is 6.41. The molecule has 0 saturated heterocycles. The number of halogens is 1. The number of hydrogen-bond acceptors (Lipinski definition) is 2. The molecule has 106 valence electrons. The van der Waals surface area contributed by atoms with Crippen molar-refractivity contribution < 1.29 is 4.79 Å². The Labute approximate surface area is 124 Å². The van der Waals surface area contributed by atoms with Gasteiger partial charge in [-0.05, 0) is 37.5 Å². The summed E-state index contributed by atoms with van der Waals surface area (Å²) in [4.78, 5) is 12.4. The SMILES string of the molecule is CCC(CC)(CN)C(=O)N[C@@H](C)c1cccc(Br)c1. The number of carbonyl (C=O) groups is 1. The molecule has 1 aromatic carbocycles. The summed E-state index contributed by atoms with van der Waals surface area (Å²) in [5.74, 6) is 0.0486. The van der Waals surface area contributed by atoms with Crippen LogP contribution >= 0.6 is 15.9 Å². The lowest BCUT2D eigenvalue weighted by atomic mass is 9.81. The Morgan fingerprint density at radius 1 is 1.42 bits per heavy atom. The average Bonchev–Trinajstić information content (AvgIpc) is 2.41. The van der Waals surface area contributed by atoms with Crippen molar-refractivity contribution in [3.05, 3.63) is 34.3 Å². The first-order valence-electron chi connectivity index (χ1n) is 6.75. The van der Waals surface area contributed by atoms with E-state index in [0.717, 1.165) is 22.9 Å². The second kappa shape index (κ2) is 7.06. The second-order valence-corrected chi connectivity index (χ2v) is 5.86. The van der Waals surface area contributed by atoms with Crippen molar-refractivity contribution in [3.63, 3.8) is 0 Å². The van der Waals surface area contributed by atoms with Crippen LogP contribution in [-0.2, 0) is 4.79 Å². The fourth-order valence-corrected chi connectivity index (χ4v) is 2.58. The Hall–Kier alpha value is -0.870. The van der Waals surface area contributed by atoms with E-state index >= 15 is 0 Å². The quantitative estimate of drug-likeness (QED) is 0.841. The largest absolute Gasteiger partial charge is 0.349 e. The van der Waals surface area contributed by atoms with Gasteiger partial charge in [-0.2, -0.15) is 0 Å². The van der Waals surface area contributed by atoms with E-state index in [1.165, 1.54) is 0 Å². The van der Waals surface area contributed by atoms with Gasteiger partial charge in [0.25, 0.3) is 0 Å². The Morgan fingerprint density at radius 2 is 2.05 bits per heavy atom. The lowest BCUT2D eigenvalue weighted by Crippen LogP contribution is -2.46. The van der Waals surface area contributed by atoms with Crippen LogP contribution in [0.4, 0.5) is 0 Å². The molecule has 1 amide bonds. The van der Waals surface area contributed by atoms with Gasteiger partial charge in [-0.3, -0.25) is 4.79 Å². The first-order chi connectivity index (χ1) is 8.99. The Kier molecular flexibility index (Phi) is 6.01. The molecule has 0 saturated carbocycles. The topological polar surface area (TPSA) is 55.1 Å². The third kappa shape index (κ3) is 3.80. The summed E-state index contributed by atoms with van der Waals surface area (Å²) in [5.41, 5.74) is 6.44. The molecular weight excluding hydrogens is 304 g/mol. The molecule has 1 rings (SSSR count). The highest BCUT2D eigenvalue weighted by molar-refractivity contribution is 9.10. The van der Waals surface area contributed by atoms with Crippen LogP contribution in [0.1, 0.15) is 45.2 Å². The van der Waals surface area contributed by atoms with E-state index in [-0.39, 0.29) is 11.9 Å². The first kappa shape index (κ1) is 16.2. The number of nitrogens with one attached hydrogen (secondary N) is 1. The summed E-state index contributed by atoms with van der Waals surface area (Å²) >= 11 is 3.44. The molecular formula is C15H23BrN2O. The predicted octanol–water partition coefficient (Wildman–Crippen LogP) is 3.39. The number of benzene rings is 1. The van der Waals surface area contributed by atoms with Crippen LogP contribution in [0.3, 0.4) is 0 Å². The molecule has 0 bridgehead atoms. The summed E-state index contributed by atoms with van der Waals surface area (Å²) < 4.78 is 1.02. The number of amides is 1. The number of carbonyl (C=O) groups excluding carboxylic acids is 1.